The monoisotopic (exact) mass is 423 g/mol. The van der Waals surface area contributed by atoms with Gasteiger partial charge in [-0.15, -0.1) is 11.3 Å². The molecule has 6 heteroatoms. The molecular formula is C24H29N3O2S. The molecule has 5 nitrogen and oxygen atoms in total. The minimum atomic E-state index is 0.0757. The number of para-hydroxylation sites is 2. The summed E-state index contributed by atoms with van der Waals surface area (Å²) in [6.45, 7) is 4.22. The Labute approximate surface area is 182 Å². The van der Waals surface area contributed by atoms with Crippen LogP contribution in [0, 0.1) is 5.92 Å². The van der Waals surface area contributed by atoms with E-state index in [0.29, 0.717) is 0 Å². The molecule has 1 amide bonds. The Morgan fingerprint density at radius 3 is 2.60 bits per heavy atom. The number of hydrogen-bond donors (Lipinski definition) is 2. The summed E-state index contributed by atoms with van der Waals surface area (Å²) in [6.07, 6.45) is 4.00. The number of anilines is 3. The van der Waals surface area contributed by atoms with Crippen molar-refractivity contribution in [1.29, 1.82) is 0 Å². The second-order valence-electron chi connectivity index (χ2n) is 7.18. The van der Waals surface area contributed by atoms with Crippen LogP contribution in [0.1, 0.15) is 39.5 Å². The van der Waals surface area contributed by atoms with Crippen molar-refractivity contribution < 1.29 is 9.53 Å². The fraction of sp³-hybridized carbons (Fsp3) is 0.333. The SMILES string of the molecule is CCCCC(CC)C(=O)Nc1ccc(-c2csc(Nc3ccccc3OC)n2)cc1. The van der Waals surface area contributed by atoms with Gasteiger partial charge in [0.1, 0.15) is 5.75 Å². The van der Waals surface area contributed by atoms with Crippen molar-refractivity contribution >= 4 is 33.8 Å². The van der Waals surface area contributed by atoms with Crippen LogP contribution >= 0.6 is 11.3 Å². The number of nitrogens with zero attached hydrogens (tertiary/aromatic N) is 1. The van der Waals surface area contributed by atoms with Crippen molar-refractivity contribution in [2.45, 2.75) is 39.5 Å². The Morgan fingerprint density at radius 2 is 1.90 bits per heavy atom. The van der Waals surface area contributed by atoms with E-state index < -0.39 is 0 Å². The van der Waals surface area contributed by atoms with Gasteiger partial charge < -0.3 is 15.4 Å². The number of aromatic nitrogens is 1. The third-order valence-corrected chi connectivity index (χ3v) is 5.83. The van der Waals surface area contributed by atoms with E-state index >= 15 is 0 Å². The van der Waals surface area contributed by atoms with Crippen LogP contribution in [-0.4, -0.2) is 18.0 Å². The highest BCUT2D eigenvalue weighted by Crippen LogP contribution is 2.31. The highest BCUT2D eigenvalue weighted by Gasteiger charge is 2.16. The Morgan fingerprint density at radius 1 is 1.13 bits per heavy atom. The Balaban J connectivity index is 1.65. The first kappa shape index (κ1) is 21.8. The lowest BCUT2D eigenvalue weighted by atomic mass is 9.98. The van der Waals surface area contributed by atoms with Crippen molar-refractivity contribution in [1.82, 2.24) is 4.98 Å². The van der Waals surface area contributed by atoms with Crippen molar-refractivity contribution in [2.24, 2.45) is 5.92 Å². The van der Waals surface area contributed by atoms with Crippen molar-refractivity contribution in [2.75, 3.05) is 17.7 Å². The lowest BCUT2D eigenvalue weighted by molar-refractivity contribution is -0.120. The van der Waals surface area contributed by atoms with E-state index in [-0.39, 0.29) is 11.8 Å². The summed E-state index contributed by atoms with van der Waals surface area (Å²) in [5.74, 6) is 0.959. The second kappa shape index (κ2) is 10.8. The van der Waals surface area contributed by atoms with E-state index in [1.54, 1.807) is 18.4 Å². The molecule has 0 aliphatic rings. The van der Waals surface area contributed by atoms with Crippen LogP contribution in [0.25, 0.3) is 11.3 Å². The molecule has 0 radical (unpaired) electrons. The number of carbonyl (C=O) groups is 1. The molecule has 2 aromatic carbocycles. The summed E-state index contributed by atoms with van der Waals surface area (Å²) >= 11 is 1.54. The van der Waals surface area contributed by atoms with Crippen LogP contribution in [0.15, 0.2) is 53.9 Å². The molecule has 0 saturated heterocycles. The van der Waals surface area contributed by atoms with Gasteiger partial charge in [-0.1, -0.05) is 51.0 Å². The van der Waals surface area contributed by atoms with E-state index in [1.807, 2.05) is 53.9 Å². The van der Waals surface area contributed by atoms with Crippen molar-refractivity contribution in [3.05, 3.63) is 53.9 Å². The minimum Gasteiger partial charge on any atom is -0.495 e. The summed E-state index contributed by atoms with van der Waals surface area (Å²) < 4.78 is 5.38. The zero-order chi connectivity index (χ0) is 21.3. The number of amides is 1. The van der Waals surface area contributed by atoms with E-state index in [9.17, 15) is 4.79 Å². The largest absolute Gasteiger partial charge is 0.495 e. The maximum Gasteiger partial charge on any atom is 0.227 e. The minimum absolute atomic E-state index is 0.0757. The topological polar surface area (TPSA) is 63.2 Å². The van der Waals surface area contributed by atoms with Gasteiger partial charge in [0.25, 0.3) is 0 Å². The van der Waals surface area contributed by atoms with Gasteiger partial charge in [0.05, 0.1) is 18.5 Å². The molecule has 0 bridgehead atoms. The number of nitrogens with one attached hydrogen (secondary N) is 2. The fourth-order valence-electron chi connectivity index (χ4n) is 3.27. The van der Waals surface area contributed by atoms with Crippen LogP contribution in [-0.2, 0) is 4.79 Å². The van der Waals surface area contributed by atoms with E-state index in [4.69, 9.17) is 4.74 Å². The van der Waals surface area contributed by atoms with Crippen LogP contribution in [0.3, 0.4) is 0 Å². The van der Waals surface area contributed by atoms with Crippen LogP contribution < -0.4 is 15.4 Å². The summed E-state index contributed by atoms with van der Waals surface area (Å²) in [5, 5.41) is 9.18. The molecule has 1 aromatic heterocycles. The molecule has 1 atom stereocenters. The molecular weight excluding hydrogens is 394 g/mol. The van der Waals surface area contributed by atoms with Gasteiger partial charge in [0.15, 0.2) is 5.13 Å². The summed E-state index contributed by atoms with van der Waals surface area (Å²) in [6, 6.07) is 15.6. The maximum absolute atomic E-state index is 12.5. The van der Waals surface area contributed by atoms with Gasteiger partial charge >= 0.3 is 0 Å². The average Bonchev–Trinajstić information content (AvgIpc) is 3.23. The summed E-state index contributed by atoms with van der Waals surface area (Å²) in [5.41, 5.74) is 3.61. The smallest absolute Gasteiger partial charge is 0.227 e. The number of rotatable bonds is 10. The predicted molar refractivity (Wildman–Crippen MR) is 126 cm³/mol. The normalized spacial score (nSPS) is 11.7. The molecule has 1 heterocycles. The first-order chi connectivity index (χ1) is 14.6. The number of methoxy groups -OCH3 is 1. The number of carbonyl (C=O) groups excluding carboxylic acids is 1. The first-order valence-corrected chi connectivity index (χ1v) is 11.3. The molecule has 30 heavy (non-hydrogen) atoms. The molecule has 0 aliphatic heterocycles. The number of thiazole rings is 1. The second-order valence-corrected chi connectivity index (χ2v) is 8.04. The lowest BCUT2D eigenvalue weighted by Crippen LogP contribution is -2.22. The average molecular weight is 424 g/mol. The maximum atomic E-state index is 12.5. The van der Waals surface area contributed by atoms with Gasteiger partial charge in [-0.2, -0.15) is 0 Å². The Hall–Kier alpha value is -2.86. The summed E-state index contributed by atoms with van der Waals surface area (Å²) in [7, 11) is 1.65. The number of benzene rings is 2. The molecule has 0 fully saturated rings. The molecule has 3 aromatic rings. The zero-order valence-electron chi connectivity index (χ0n) is 17.8. The van der Waals surface area contributed by atoms with Crippen molar-refractivity contribution in [3.63, 3.8) is 0 Å². The van der Waals surface area contributed by atoms with Gasteiger partial charge in [0.2, 0.25) is 5.91 Å². The van der Waals surface area contributed by atoms with E-state index in [0.717, 1.165) is 59.2 Å². The molecule has 0 spiro atoms. The van der Waals surface area contributed by atoms with Crippen LogP contribution in [0.2, 0.25) is 0 Å². The summed E-state index contributed by atoms with van der Waals surface area (Å²) in [4.78, 5) is 17.2. The quantitative estimate of drug-likeness (QED) is 0.380. The van der Waals surface area contributed by atoms with Crippen LogP contribution in [0.4, 0.5) is 16.5 Å². The zero-order valence-corrected chi connectivity index (χ0v) is 18.6. The number of unbranched alkanes of at least 4 members (excludes halogenated alkanes) is 1. The number of ether oxygens (including phenoxy) is 1. The molecule has 158 valence electrons. The van der Waals surface area contributed by atoms with E-state index in [1.165, 1.54) is 0 Å². The first-order valence-electron chi connectivity index (χ1n) is 10.4. The molecule has 1 unspecified atom stereocenters. The molecule has 0 saturated carbocycles. The fourth-order valence-corrected chi connectivity index (χ4v) is 4.00. The third-order valence-electron chi connectivity index (χ3n) is 5.07. The third kappa shape index (κ3) is 5.60. The lowest BCUT2D eigenvalue weighted by Gasteiger charge is -2.14. The van der Waals surface area contributed by atoms with Gasteiger partial charge in [-0.3, -0.25) is 4.79 Å². The highest BCUT2D eigenvalue weighted by atomic mass is 32.1. The Bertz CT molecular complexity index is 953. The van der Waals surface area contributed by atoms with Gasteiger partial charge in [-0.25, -0.2) is 4.98 Å². The predicted octanol–water partition coefficient (Wildman–Crippen LogP) is 6.72. The molecule has 0 aliphatic carbocycles. The van der Waals surface area contributed by atoms with Gasteiger partial charge in [0, 0.05) is 22.5 Å². The number of hydrogen-bond acceptors (Lipinski definition) is 5. The standard InChI is InChI=1S/C24H29N3O2S/c1-4-6-9-17(5-2)23(28)25-19-14-12-18(13-15-19)21-16-30-24(27-21)26-20-10-7-8-11-22(20)29-3/h7-8,10-17H,4-6,9H2,1-3H3,(H,25,28)(H,26,27). The Kier molecular flexibility index (Phi) is 7.85. The van der Waals surface area contributed by atoms with Crippen molar-refractivity contribution in [3.8, 4) is 17.0 Å². The molecule has 2 N–H and O–H groups in total. The van der Waals surface area contributed by atoms with Crippen LogP contribution in [0.5, 0.6) is 5.75 Å². The highest BCUT2D eigenvalue weighted by molar-refractivity contribution is 7.14. The van der Waals surface area contributed by atoms with E-state index in [2.05, 4.69) is 29.5 Å². The molecule has 3 rings (SSSR count). The van der Waals surface area contributed by atoms with Gasteiger partial charge in [-0.05, 0) is 37.1 Å².